The molecular formula is C19H15F2N3O. The minimum Gasteiger partial charge on any atom is -0.354 e. The van der Waals surface area contributed by atoms with Crippen LogP contribution >= 0.6 is 0 Å². The van der Waals surface area contributed by atoms with Crippen LogP contribution in [0.25, 0.3) is 0 Å². The summed E-state index contributed by atoms with van der Waals surface area (Å²) in [6, 6.07) is 12.5. The van der Waals surface area contributed by atoms with E-state index in [-0.39, 0.29) is 5.91 Å². The molecule has 0 spiro atoms. The zero-order valence-corrected chi connectivity index (χ0v) is 13.4. The van der Waals surface area contributed by atoms with Crippen molar-refractivity contribution >= 4 is 23.0 Å². The summed E-state index contributed by atoms with van der Waals surface area (Å²) in [5, 5.41) is 5.67. The number of rotatable bonds is 4. The van der Waals surface area contributed by atoms with Crippen LogP contribution in [0, 0.1) is 18.6 Å². The van der Waals surface area contributed by atoms with Crippen molar-refractivity contribution in [2.24, 2.45) is 0 Å². The van der Waals surface area contributed by atoms with Crippen LogP contribution in [0.5, 0.6) is 0 Å². The number of aromatic nitrogens is 1. The minimum absolute atomic E-state index is 0.315. The lowest BCUT2D eigenvalue weighted by molar-refractivity contribution is 0.102. The Labute approximate surface area is 143 Å². The highest BCUT2D eigenvalue weighted by Gasteiger charge is 2.09. The maximum absolute atomic E-state index is 13.3. The minimum atomic E-state index is -0.953. The van der Waals surface area contributed by atoms with Gasteiger partial charge in [0.05, 0.1) is 17.4 Å². The van der Waals surface area contributed by atoms with E-state index in [9.17, 15) is 13.6 Å². The molecule has 4 nitrogen and oxygen atoms in total. The summed E-state index contributed by atoms with van der Waals surface area (Å²) in [7, 11) is 0. The number of nitrogens with one attached hydrogen (secondary N) is 2. The number of nitrogens with zero attached hydrogens (tertiary/aromatic N) is 1. The summed E-state index contributed by atoms with van der Waals surface area (Å²) in [5.74, 6) is -2.19. The second-order valence-corrected chi connectivity index (χ2v) is 5.54. The average Bonchev–Trinajstić information content (AvgIpc) is 2.60. The van der Waals surface area contributed by atoms with Gasteiger partial charge in [0.1, 0.15) is 0 Å². The van der Waals surface area contributed by atoms with Gasteiger partial charge in [-0.25, -0.2) is 8.78 Å². The van der Waals surface area contributed by atoms with Crippen LogP contribution in [-0.2, 0) is 0 Å². The zero-order valence-electron chi connectivity index (χ0n) is 13.4. The number of hydrogen-bond donors (Lipinski definition) is 2. The third-order valence-corrected chi connectivity index (χ3v) is 3.52. The highest BCUT2D eigenvalue weighted by molar-refractivity contribution is 6.04. The lowest BCUT2D eigenvalue weighted by Crippen LogP contribution is -2.12. The van der Waals surface area contributed by atoms with Crippen molar-refractivity contribution in [3.8, 4) is 0 Å². The van der Waals surface area contributed by atoms with Gasteiger partial charge in [0.15, 0.2) is 11.6 Å². The molecule has 0 bridgehead atoms. The van der Waals surface area contributed by atoms with Gasteiger partial charge in [-0.1, -0.05) is 17.7 Å². The summed E-state index contributed by atoms with van der Waals surface area (Å²) in [6.45, 7) is 1.96. The molecule has 3 rings (SSSR count). The van der Waals surface area contributed by atoms with E-state index in [4.69, 9.17) is 0 Å². The number of benzene rings is 2. The fourth-order valence-corrected chi connectivity index (χ4v) is 2.21. The maximum Gasteiger partial charge on any atom is 0.257 e. The summed E-state index contributed by atoms with van der Waals surface area (Å²) in [6.07, 6.45) is 2.92. The van der Waals surface area contributed by atoms with Crippen LogP contribution in [0.2, 0.25) is 0 Å². The van der Waals surface area contributed by atoms with E-state index in [1.165, 1.54) is 18.5 Å². The number of amides is 1. The van der Waals surface area contributed by atoms with Crippen LogP contribution in [0.1, 0.15) is 15.9 Å². The second-order valence-electron chi connectivity index (χ2n) is 5.54. The van der Waals surface area contributed by atoms with E-state index in [0.29, 0.717) is 22.6 Å². The number of carbonyl (C=O) groups is 1. The Balaban J connectivity index is 1.75. The summed E-state index contributed by atoms with van der Waals surface area (Å²) >= 11 is 0. The predicted octanol–water partition coefficient (Wildman–Crippen LogP) is 4.66. The van der Waals surface area contributed by atoms with E-state index >= 15 is 0 Å². The number of anilines is 3. The molecule has 2 aromatic carbocycles. The molecule has 126 valence electrons. The smallest absolute Gasteiger partial charge is 0.257 e. The quantitative estimate of drug-likeness (QED) is 0.727. The molecule has 0 aliphatic carbocycles. The topological polar surface area (TPSA) is 54.0 Å². The molecule has 1 heterocycles. The average molecular weight is 339 g/mol. The number of aryl methyl sites for hydroxylation is 1. The Morgan fingerprint density at radius 2 is 1.60 bits per heavy atom. The van der Waals surface area contributed by atoms with Crippen molar-refractivity contribution < 1.29 is 13.6 Å². The molecule has 0 atom stereocenters. The number of carbonyl (C=O) groups excluding carboxylic acids is 1. The molecule has 3 aromatic rings. The van der Waals surface area contributed by atoms with Gasteiger partial charge in [0, 0.05) is 23.6 Å². The first-order valence-electron chi connectivity index (χ1n) is 7.56. The van der Waals surface area contributed by atoms with Gasteiger partial charge in [-0.05, 0) is 37.3 Å². The SMILES string of the molecule is Cc1ccc(NC(=O)c2cncc(Nc3ccc(F)c(F)c3)c2)cc1. The van der Waals surface area contributed by atoms with E-state index < -0.39 is 11.6 Å². The number of halogens is 2. The fraction of sp³-hybridized carbons (Fsp3) is 0.0526. The van der Waals surface area contributed by atoms with E-state index in [1.807, 2.05) is 31.2 Å². The van der Waals surface area contributed by atoms with Gasteiger partial charge >= 0.3 is 0 Å². The van der Waals surface area contributed by atoms with Crippen molar-refractivity contribution in [3.05, 3.63) is 83.7 Å². The highest BCUT2D eigenvalue weighted by Crippen LogP contribution is 2.19. The molecule has 25 heavy (non-hydrogen) atoms. The Bertz CT molecular complexity index is 911. The molecule has 0 aliphatic rings. The third kappa shape index (κ3) is 4.17. The monoisotopic (exact) mass is 339 g/mol. The molecular weight excluding hydrogens is 324 g/mol. The molecule has 1 aromatic heterocycles. The Hall–Kier alpha value is -3.28. The number of hydrogen-bond acceptors (Lipinski definition) is 3. The highest BCUT2D eigenvalue weighted by atomic mass is 19.2. The van der Waals surface area contributed by atoms with E-state index in [0.717, 1.165) is 17.7 Å². The van der Waals surface area contributed by atoms with Crippen molar-refractivity contribution in [2.75, 3.05) is 10.6 Å². The predicted molar refractivity (Wildman–Crippen MR) is 93.0 cm³/mol. The molecule has 6 heteroatoms. The normalized spacial score (nSPS) is 10.4. The van der Waals surface area contributed by atoms with Crippen LogP contribution in [0.3, 0.4) is 0 Å². The summed E-state index contributed by atoms with van der Waals surface area (Å²) in [4.78, 5) is 16.3. The van der Waals surface area contributed by atoms with Crippen LogP contribution in [-0.4, -0.2) is 10.9 Å². The molecule has 0 unspecified atom stereocenters. The molecule has 1 amide bonds. The van der Waals surface area contributed by atoms with Crippen LogP contribution in [0.15, 0.2) is 60.9 Å². The molecule has 0 radical (unpaired) electrons. The summed E-state index contributed by atoms with van der Waals surface area (Å²) < 4.78 is 26.2. The summed E-state index contributed by atoms with van der Waals surface area (Å²) in [5.41, 5.74) is 2.96. The van der Waals surface area contributed by atoms with Crippen molar-refractivity contribution in [2.45, 2.75) is 6.92 Å². The molecule has 2 N–H and O–H groups in total. The van der Waals surface area contributed by atoms with Gasteiger partial charge in [-0.15, -0.1) is 0 Å². The fourth-order valence-electron chi connectivity index (χ4n) is 2.21. The standard InChI is InChI=1S/C19H15F2N3O/c1-12-2-4-14(5-3-12)24-19(25)13-8-16(11-22-10-13)23-15-6-7-17(20)18(21)9-15/h2-11,23H,1H3,(H,24,25). The van der Waals surface area contributed by atoms with Gasteiger partial charge in [0.2, 0.25) is 0 Å². The van der Waals surface area contributed by atoms with Crippen LogP contribution < -0.4 is 10.6 Å². The van der Waals surface area contributed by atoms with Gasteiger partial charge in [0.25, 0.3) is 5.91 Å². The number of pyridine rings is 1. The lowest BCUT2D eigenvalue weighted by atomic mass is 10.2. The zero-order chi connectivity index (χ0) is 17.8. The second kappa shape index (κ2) is 7.09. The van der Waals surface area contributed by atoms with E-state index in [2.05, 4.69) is 15.6 Å². The largest absolute Gasteiger partial charge is 0.354 e. The third-order valence-electron chi connectivity index (χ3n) is 3.52. The molecule has 0 saturated carbocycles. The molecule has 0 fully saturated rings. The van der Waals surface area contributed by atoms with Gasteiger partial charge in [-0.3, -0.25) is 9.78 Å². The molecule has 0 saturated heterocycles. The first kappa shape index (κ1) is 16.6. The first-order chi connectivity index (χ1) is 12.0. The van der Waals surface area contributed by atoms with Crippen LogP contribution in [0.4, 0.5) is 25.8 Å². The lowest BCUT2D eigenvalue weighted by Gasteiger charge is -2.09. The van der Waals surface area contributed by atoms with Crippen molar-refractivity contribution in [3.63, 3.8) is 0 Å². The Morgan fingerprint density at radius 1 is 0.880 bits per heavy atom. The van der Waals surface area contributed by atoms with Gasteiger partial charge < -0.3 is 10.6 Å². The Kier molecular flexibility index (Phi) is 4.70. The van der Waals surface area contributed by atoms with Crippen molar-refractivity contribution in [1.29, 1.82) is 0 Å². The Morgan fingerprint density at radius 3 is 2.32 bits per heavy atom. The van der Waals surface area contributed by atoms with Crippen molar-refractivity contribution in [1.82, 2.24) is 4.98 Å². The molecule has 0 aliphatic heterocycles. The first-order valence-corrected chi connectivity index (χ1v) is 7.56. The van der Waals surface area contributed by atoms with E-state index in [1.54, 1.807) is 6.07 Å². The van der Waals surface area contributed by atoms with Gasteiger partial charge in [-0.2, -0.15) is 0 Å². The maximum atomic E-state index is 13.3.